The lowest BCUT2D eigenvalue weighted by Gasteiger charge is -2.26. The number of rotatable bonds is 7. The average molecular weight is 258 g/mol. The van der Waals surface area contributed by atoms with Crippen molar-refractivity contribution < 1.29 is 14.7 Å². The van der Waals surface area contributed by atoms with Gasteiger partial charge in [0.15, 0.2) is 0 Å². The molecule has 0 saturated heterocycles. The van der Waals surface area contributed by atoms with Crippen molar-refractivity contribution in [2.24, 2.45) is 17.1 Å². The molecule has 2 unspecified atom stereocenters. The Labute approximate surface area is 109 Å². The summed E-state index contributed by atoms with van der Waals surface area (Å²) in [4.78, 5) is 22.1. The summed E-state index contributed by atoms with van der Waals surface area (Å²) in [5, 5.41) is 11.3. The molecule has 0 aliphatic carbocycles. The smallest absolute Gasteiger partial charge is 0.303 e. The van der Waals surface area contributed by atoms with Crippen LogP contribution in [0.15, 0.2) is 0 Å². The zero-order chi connectivity index (χ0) is 14.3. The van der Waals surface area contributed by atoms with Gasteiger partial charge in [-0.3, -0.25) is 9.59 Å². The van der Waals surface area contributed by atoms with Crippen LogP contribution in [0, 0.1) is 11.3 Å². The maximum absolute atomic E-state index is 11.7. The number of nitrogens with one attached hydrogen (secondary N) is 1. The van der Waals surface area contributed by atoms with Gasteiger partial charge in [0.25, 0.3) is 0 Å². The fraction of sp³-hybridized carbons (Fsp3) is 0.846. The predicted molar refractivity (Wildman–Crippen MR) is 71.1 cm³/mol. The van der Waals surface area contributed by atoms with Crippen LogP contribution in [-0.4, -0.2) is 29.6 Å². The third-order valence-corrected chi connectivity index (χ3v) is 3.00. The van der Waals surface area contributed by atoms with Gasteiger partial charge in [0, 0.05) is 13.0 Å². The second-order valence-corrected chi connectivity index (χ2v) is 5.96. The standard InChI is InChI=1S/C13H26N2O3/c1-9(5-6-10(16)17)7-8-15-12(18)11(14)13(2,3)4/h9,11H,5-8,14H2,1-4H3,(H,15,18)(H,16,17). The zero-order valence-electron chi connectivity index (χ0n) is 11.8. The maximum Gasteiger partial charge on any atom is 0.303 e. The number of nitrogens with two attached hydrogens (primary N) is 1. The van der Waals surface area contributed by atoms with Gasteiger partial charge in [-0.25, -0.2) is 0 Å². The molecule has 0 aromatic rings. The van der Waals surface area contributed by atoms with Crippen LogP contribution in [-0.2, 0) is 9.59 Å². The first-order valence-corrected chi connectivity index (χ1v) is 6.39. The van der Waals surface area contributed by atoms with Crippen LogP contribution >= 0.6 is 0 Å². The van der Waals surface area contributed by atoms with Gasteiger partial charge in [-0.1, -0.05) is 27.7 Å². The molecule has 0 fully saturated rings. The van der Waals surface area contributed by atoms with Gasteiger partial charge < -0.3 is 16.2 Å². The highest BCUT2D eigenvalue weighted by molar-refractivity contribution is 5.82. The number of carbonyl (C=O) groups is 2. The Balaban J connectivity index is 3.84. The molecule has 4 N–H and O–H groups in total. The largest absolute Gasteiger partial charge is 0.481 e. The van der Waals surface area contributed by atoms with Gasteiger partial charge in [0.2, 0.25) is 5.91 Å². The normalized spacial score (nSPS) is 14.9. The molecule has 0 radical (unpaired) electrons. The number of carbonyl (C=O) groups excluding carboxylic acids is 1. The first-order valence-electron chi connectivity index (χ1n) is 6.39. The van der Waals surface area contributed by atoms with Gasteiger partial charge >= 0.3 is 5.97 Å². The fourth-order valence-electron chi connectivity index (χ4n) is 1.46. The molecule has 0 aromatic heterocycles. The molecule has 106 valence electrons. The summed E-state index contributed by atoms with van der Waals surface area (Å²) in [5.74, 6) is -0.638. The molecule has 0 rings (SSSR count). The van der Waals surface area contributed by atoms with Crippen molar-refractivity contribution in [3.8, 4) is 0 Å². The van der Waals surface area contributed by atoms with Crippen molar-refractivity contribution >= 4 is 11.9 Å². The van der Waals surface area contributed by atoms with E-state index in [4.69, 9.17) is 10.8 Å². The SMILES string of the molecule is CC(CCNC(=O)C(N)C(C)(C)C)CCC(=O)O. The van der Waals surface area contributed by atoms with Crippen LogP contribution in [0.4, 0.5) is 0 Å². The molecule has 18 heavy (non-hydrogen) atoms. The van der Waals surface area contributed by atoms with Gasteiger partial charge in [-0.15, -0.1) is 0 Å². The Morgan fingerprint density at radius 2 is 1.83 bits per heavy atom. The van der Waals surface area contributed by atoms with Crippen LogP contribution in [0.1, 0.15) is 47.0 Å². The molecule has 5 heteroatoms. The lowest BCUT2D eigenvalue weighted by atomic mass is 9.87. The molecule has 5 nitrogen and oxygen atoms in total. The van der Waals surface area contributed by atoms with Crippen LogP contribution in [0.25, 0.3) is 0 Å². The van der Waals surface area contributed by atoms with Crippen molar-refractivity contribution in [1.29, 1.82) is 0 Å². The van der Waals surface area contributed by atoms with Gasteiger partial charge in [0.05, 0.1) is 6.04 Å². The Morgan fingerprint density at radius 1 is 1.28 bits per heavy atom. The minimum absolute atomic E-state index is 0.145. The Kier molecular flexibility index (Phi) is 6.91. The summed E-state index contributed by atoms with van der Waals surface area (Å²) < 4.78 is 0. The van der Waals surface area contributed by atoms with E-state index in [9.17, 15) is 9.59 Å². The third kappa shape index (κ3) is 7.27. The first kappa shape index (κ1) is 16.9. The molecule has 0 heterocycles. The quantitative estimate of drug-likeness (QED) is 0.643. The fourth-order valence-corrected chi connectivity index (χ4v) is 1.46. The molecular weight excluding hydrogens is 232 g/mol. The molecule has 0 bridgehead atoms. The highest BCUT2D eigenvalue weighted by atomic mass is 16.4. The summed E-state index contributed by atoms with van der Waals surface area (Å²) in [6, 6.07) is -0.521. The maximum atomic E-state index is 11.7. The number of aliphatic carboxylic acids is 1. The summed E-state index contributed by atoms with van der Waals surface area (Å²) in [6.45, 7) is 8.30. The van der Waals surface area contributed by atoms with E-state index in [-0.39, 0.29) is 23.7 Å². The lowest BCUT2D eigenvalue weighted by Crippen LogP contribution is -2.48. The van der Waals surface area contributed by atoms with Gasteiger partial charge in [0.1, 0.15) is 0 Å². The molecular formula is C13H26N2O3. The molecule has 1 amide bonds. The summed E-state index contributed by atoms with van der Waals surface area (Å²) in [5.41, 5.74) is 5.57. The van der Waals surface area contributed by atoms with E-state index >= 15 is 0 Å². The van der Waals surface area contributed by atoms with Crippen molar-refractivity contribution in [1.82, 2.24) is 5.32 Å². The van der Waals surface area contributed by atoms with Gasteiger partial charge in [-0.2, -0.15) is 0 Å². The number of carboxylic acids is 1. The van der Waals surface area contributed by atoms with Crippen molar-refractivity contribution in [3.05, 3.63) is 0 Å². The number of hydrogen-bond acceptors (Lipinski definition) is 3. The number of amides is 1. The molecule has 0 aliphatic rings. The Bertz CT molecular complexity index is 284. The Morgan fingerprint density at radius 3 is 2.28 bits per heavy atom. The first-order chi connectivity index (χ1) is 8.14. The number of hydrogen-bond donors (Lipinski definition) is 3. The van der Waals surface area contributed by atoms with E-state index in [1.807, 2.05) is 27.7 Å². The van der Waals surface area contributed by atoms with Gasteiger partial charge in [-0.05, 0) is 24.2 Å². The summed E-state index contributed by atoms with van der Waals surface area (Å²) in [6.07, 6.45) is 1.59. The molecule has 2 atom stereocenters. The monoisotopic (exact) mass is 258 g/mol. The Hall–Kier alpha value is -1.10. The topological polar surface area (TPSA) is 92.4 Å². The lowest BCUT2D eigenvalue weighted by molar-refractivity contribution is -0.137. The molecule has 0 spiro atoms. The van der Waals surface area contributed by atoms with Crippen molar-refractivity contribution in [2.75, 3.05) is 6.54 Å². The molecule has 0 aromatic carbocycles. The van der Waals surface area contributed by atoms with E-state index < -0.39 is 12.0 Å². The van der Waals surface area contributed by atoms with E-state index in [1.54, 1.807) is 0 Å². The summed E-state index contributed by atoms with van der Waals surface area (Å²) >= 11 is 0. The molecule has 0 saturated carbocycles. The van der Waals surface area contributed by atoms with Crippen LogP contribution < -0.4 is 11.1 Å². The van der Waals surface area contributed by atoms with Crippen LogP contribution in [0.2, 0.25) is 0 Å². The minimum Gasteiger partial charge on any atom is -0.481 e. The van der Waals surface area contributed by atoms with E-state index in [0.717, 1.165) is 6.42 Å². The predicted octanol–water partition coefficient (Wildman–Crippen LogP) is 1.37. The molecule has 0 aliphatic heterocycles. The third-order valence-electron chi connectivity index (χ3n) is 3.00. The van der Waals surface area contributed by atoms with E-state index in [1.165, 1.54) is 0 Å². The van der Waals surface area contributed by atoms with Crippen LogP contribution in [0.3, 0.4) is 0 Å². The summed E-state index contributed by atoms with van der Waals surface area (Å²) in [7, 11) is 0. The van der Waals surface area contributed by atoms with Crippen molar-refractivity contribution in [2.45, 2.75) is 53.0 Å². The second-order valence-electron chi connectivity index (χ2n) is 5.96. The van der Waals surface area contributed by atoms with Crippen molar-refractivity contribution in [3.63, 3.8) is 0 Å². The minimum atomic E-state index is -0.777. The highest BCUT2D eigenvalue weighted by Crippen LogP contribution is 2.17. The second kappa shape index (κ2) is 7.36. The number of carboxylic acid groups (broad SMARTS) is 1. The zero-order valence-corrected chi connectivity index (χ0v) is 11.8. The van der Waals surface area contributed by atoms with E-state index in [2.05, 4.69) is 5.32 Å². The highest BCUT2D eigenvalue weighted by Gasteiger charge is 2.26. The average Bonchev–Trinajstić information content (AvgIpc) is 2.23. The van der Waals surface area contributed by atoms with Crippen LogP contribution in [0.5, 0.6) is 0 Å². The van der Waals surface area contributed by atoms with E-state index in [0.29, 0.717) is 13.0 Å².